The molecule has 0 unspecified atom stereocenters. The average Bonchev–Trinajstić information content (AvgIpc) is 2.18. The first-order chi connectivity index (χ1) is 7.78. The molecule has 3 N–H and O–H groups in total. The second-order valence-corrected chi connectivity index (χ2v) is 5.19. The van der Waals surface area contributed by atoms with E-state index in [2.05, 4.69) is 10.3 Å². The second kappa shape index (κ2) is 5.47. The van der Waals surface area contributed by atoms with E-state index in [0.29, 0.717) is 29.4 Å². The molecule has 1 aromatic heterocycles. The molecule has 0 atom stereocenters. The summed E-state index contributed by atoms with van der Waals surface area (Å²) in [7, 11) is 0. The number of amides is 1. The molecule has 0 aromatic carbocycles. The van der Waals surface area contributed by atoms with Crippen LogP contribution in [-0.4, -0.2) is 16.4 Å². The molecule has 0 bridgehead atoms. The number of hydrogen-bond donors (Lipinski definition) is 2. The first-order valence-electron chi connectivity index (χ1n) is 5.50. The van der Waals surface area contributed by atoms with Gasteiger partial charge in [0.1, 0.15) is 5.15 Å². The Balaban J connectivity index is 2.57. The zero-order valence-electron chi connectivity index (χ0n) is 10.4. The van der Waals surface area contributed by atoms with Crippen LogP contribution in [-0.2, 0) is 4.79 Å². The molecule has 4 nitrogen and oxygen atoms in total. The summed E-state index contributed by atoms with van der Waals surface area (Å²) in [4.78, 5) is 15.7. The molecule has 94 valence electrons. The van der Waals surface area contributed by atoms with E-state index in [-0.39, 0.29) is 11.4 Å². The fraction of sp³-hybridized carbons (Fsp3) is 0.500. The lowest BCUT2D eigenvalue weighted by molar-refractivity contribution is -0.116. The average molecular weight is 256 g/mol. The zero-order valence-corrected chi connectivity index (χ0v) is 11.1. The number of halogens is 1. The Morgan fingerprint density at radius 3 is 2.71 bits per heavy atom. The number of nitrogens with one attached hydrogen (secondary N) is 1. The van der Waals surface area contributed by atoms with Crippen LogP contribution in [0.3, 0.4) is 0 Å². The van der Waals surface area contributed by atoms with Gasteiger partial charge in [-0.3, -0.25) is 4.79 Å². The minimum Gasteiger partial charge on any atom is -0.326 e. The number of carbonyl (C=O) groups excluding carboxylic acids is 1. The molecule has 1 heterocycles. The van der Waals surface area contributed by atoms with E-state index in [1.807, 2.05) is 13.8 Å². The van der Waals surface area contributed by atoms with E-state index in [0.717, 1.165) is 0 Å². The summed E-state index contributed by atoms with van der Waals surface area (Å²) in [6.07, 6.45) is 1.03. The topological polar surface area (TPSA) is 68.0 Å². The minimum atomic E-state index is -0.329. The number of aryl methyl sites for hydroxylation is 1. The fourth-order valence-electron chi connectivity index (χ4n) is 1.31. The van der Waals surface area contributed by atoms with Crippen LogP contribution in [0.1, 0.15) is 32.4 Å². The summed E-state index contributed by atoms with van der Waals surface area (Å²) in [6, 6.07) is 3.40. The van der Waals surface area contributed by atoms with Crippen LogP contribution in [0.25, 0.3) is 0 Å². The highest BCUT2D eigenvalue weighted by Crippen LogP contribution is 2.16. The Morgan fingerprint density at radius 1 is 1.53 bits per heavy atom. The van der Waals surface area contributed by atoms with E-state index < -0.39 is 0 Å². The van der Waals surface area contributed by atoms with Gasteiger partial charge in [-0.25, -0.2) is 4.98 Å². The van der Waals surface area contributed by atoms with Gasteiger partial charge in [0.15, 0.2) is 0 Å². The maximum Gasteiger partial charge on any atom is 0.224 e. The Morgan fingerprint density at radius 2 is 2.18 bits per heavy atom. The number of anilines is 1. The van der Waals surface area contributed by atoms with E-state index in [1.54, 1.807) is 19.1 Å². The van der Waals surface area contributed by atoms with Gasteiger partial charge in [-0.1, -0.05) is 11.6 Å². The van der Waals surface area contributed by atoms with Gasteiger partial charge in [-0.05, 0) is 39.3 Å². The predicted molar refractivity (Wildman–Crippen MR) is 70.1 cm³/mol. The van der Waals surface area contributed by atoms with Crippen molar-refractivity contribution in [2.45, 2.75) is 39.2 Å². The molecule has 1 rings (SSSR count). The number of pyridine rings is 1. The van der Waals surface area contributed by atoms with Crippen LogP contribution in [0.5, 0.6) is 0 Å². The van der Waals surface area contributed by atoms with Gasteiger partial charge in [-0.2, -0.15) is 0 Å². The summed E-state index contributed by atoms with van der Waals surface area (Å²) in [5.74, 6) is -0.0595. The number of carbonyl (C=O) groups is 1. The van der Waals surface area contributed by atoms with E-state index in [1.165, 1.54) is 0 Å². The molecule has 0 spiro atoms. The molecule has 0 aliphatic heterocycles. The molecule has 0 radical (unpaired) electrons. The van der Waals surface area contributed by atoms with Gasteiger partial charge in [-0.15, -0.1) is 0 Å². The van der Waals surface area contributed by atoms with Crippen molar-refractivity contribution in [2.75, 3.05) is 5.32 Å². The summed E-state index contributed by atoms with van der Waals surface area (Å²) in [5.41, 5.74) is 6.88. The van der Waals surface area contributed by atoms with Gasteiger partial charge < -0.3 is 11.1 Å². The van der Waals surface area contributed by atoms with Gasteiger partial charge >= 0.3 is 0 Å². The van der Waals surface area contributed by atoms with Crippen molar-refractivity contribution in [1.82, 2.24) is 4.98 Å². The Labute approximate surface area is 107 Å². The van der Waals surface area contributed by atoms with Crippen LogP contribution in [0.2, 0.25) is 5.15 Å². The molecular formula is C12H18ClN3O. The standard InChI is InChI=1S/C12H18ClN3O/c1-8-9(4-5-10(13)15-8)16-11(17)6-7-12(2,3)14/h4-5H,6-7,14H2,1-3H3,(H,16,17). The number of hydrogen-bond acceptors (Lipinski definition) is 3. The lowest BCUT2D eigenvalue weighted by Gasteiger charge is -2.17. The lowest BCUT2D eigenvalue weighted by atomic mass is 10.00. The monoisotopic (exact) mass is 255 g/mol. The summed E-state index contributed by atoms with van der Waals surface area (Å²) in [6.45, 7) is 5.60. The third-order valence-electron chi connectivity index (χ3n) is 2.32. The lowest BCUT2D eigenvalue weighted by Crippen LogP contribution is -2.33. The maximum absolute atomic E-state index is 11.7. The minimum absolute atomic E-state index is 0.0595. The maximum atomic E-state index is 11.7. The van der Waals surface area contributed by atoms with Gasteiger partial charge in [0, 0.05) is 12.0 Å². The molecule has 0 saturated heterocycles. The smallest absolute Gasteiger partial charge is 0.224 e. The van der Waals surface area contributed by atoms with Crippen molar-refractivity contribution in [1.29, 1.82) is 0 Å². The van der Waals surface area contributed by atoms with Gasteiger partial charge in [0.2, 0.25) is 5.91 Å². The van der Waals surface area contributed by atoms with Crippen molar-refractivity contribution >= 4 is 23.2 Å². The Hall–Kier alpha value is -1.13. The quantitative estimate of drug-likeness (QED) is 0.813. The number of nitrogens with two attached hydrogens (primary N) is 1. The number of nitrogens with zero attached hydrogens (tertiary/aromatic N) is 1. The van der Waals surface area contributed by atoms with Crippen LogP contribution in [0.15, 0.2) is 12.1 Å². The van der Waals surface area contributed by atoms with Crippen molar-refractivity contribution < 1.29 is 4.79 Å². The van der Waals surface area contributed by atoms with E-state index in [4.69, 9.17) is 17.3 Å². The molecule has 5 heteroatoms. The third-order valence-corrected chi connectivity index (χ3v) is 2.53. The molecular weight excluding hydrogens is 238 g/mol. The van der Waals surface area contributed by atoms with Crippen LogP contribution in [0, 0.1) is 6.92 Å². The first-order valence-corrected chi connectivity index (χ1v) is 5.87. The van der Waals surface area contributed by atoms with Gasteiger partial charge in [0.25, 0.3) is 0 Å². The van der Waals surface area contributed by atoms with Crippen LogP contribution in [0.4, 0.5) is 5.69 Å². The first kappa shape index (κ1) is 13.9. The van der Waals surface area contributed by atoms with Crippen molar-refractivity contribution in [3.8, 4) is 0 Å². The molecule has 17 heavy (non-hydrogen) atoms. The van der Waals surface area contributed by atoms with E-state index >= 15 is 0 Å². The van der Waals surface area contributed by atoms with Crippen molar-refractivity contribution in [2.24, 2.45) is 5.73 Å². The summed E-state index contributed by atoms with van der Waals surface area (Å²) >= 11 is 5.73. The Bertz CT molecular complexity index is 413. The normalized spacial score (nSPS) is 11.4. The second-order valence-electron chi connectivity index (χ2n) is 4.80. The van der Waals surface area contributed by atoms with Crippen molar-refractivity contribution in [3.05, 3.63) is 23.0 Å². The Kier molecular flexibility index (Phi) is 4.48. The number of aromatic nitrogens is 1. The molecule has 0 aliphatic carbocycles. The summed E-state index contributed by atoms with van der Waals surface area (Å²) in [5, 5.41) is 3.21. The largest absolute Gasteiger partial charge is 0.326 e. The highest BCUT2D eigenvalue weighted by Gasteiger charge is 2.13. The van der Waals surface area contributed by atoms with E-state index in [9.17, 15) is 4.79 Å². The summed E-state index contributed by atoms with van der Waals surface area (Å²) < 4.78 is 0. The van der Waals surface area contributed by atoms with Crippen molar-refractivity contribution in [3.63, 3.8) is 0 Å². The van der Waals surface area contributed by atoms with Gasteiger partial charge in [0.05, 0.1) is 11.4 Å². The molecule has 0 aliphatic rings. The molecule has 0 saturated carbocycles. The highest BCUT2D eigenvalue weighted by atomic mass is 35.5. The fourth-order valence-corrected chi connectivity index (χ4v) is 1.50. The van der Waals surface area contributed by atoms with Crippen LogP contribution >= 0.6 is 11.6 Å². The van der Waals surface area contributed by atoms with Crippen LogP contribution < -0.4 is 11.1 Å². The third kappa shape index (κ3) is 5.15. The molecule has 1 amide bonds. The highest BCUT2D eigenvalue weighted by molar-refractivity contribution is 6.29. The predicted octanol–water partition coefficient (Wildman–Crippen LogP) is 2.50. The molecule has 1 aromatic rings. The zero-order chi connectivity index (χ0) is 13.1. The SMILES string of the molecule is Cc1nc(Cl)ccc1NC(=O)CCC(C)(C)N. The number of rotatable bonds is 4. The molecule has 0 fully saturated rings.